The molecular weight excluding hydrogens is 376 g/mol. The predicted molar refractivity (Wildman–Crippen MR) is 123 cm³/mol. The minimum Gasteiger partial charge on any atom is -0.295 e. The molecule has 29 heavy (non-hydrogen) atoms. The quantitative estimate of drug-likeness (QED) is 0.515. The Morgan fingerprint density at radius 1 is 1.10 bits per heavy atom. The summed E-state index contributed by atoms with van der Waals surface area (Å²) in [6, 6.07) is 9.21. The van der Waals surface area contributed by atoms with Gasteiger partial charge in [0, 0.05) is 10.9 Å². The lowest BCUT2D eigenvalue weighted by atomic mass is 9.83. The van der Waals surface area contributed by atoms with Gasteiger partial charge in [-0.25, -0.2) is 4.98 Å². The van der Waals surface area contributed by atoms with E-state index >= 15 is 0 Å². The standard InChI is InChI=1S/C25H32N2OS/c1-24(2,3)14-16-7-8-18-12-19(10-9-17(18)11-16)27-15-26-20-13-21(25(4,5)6)29-22(20)23(27)28/h7-8,11,13,15,19H,9-10,12,14H2,1-6H3. The minimum atomic E-state index is 0.0389. The molecule has 0 spiro atoms. The van der Waals surface area contributed by atoms with Crippen LogP contribution in [0.4, 0.5) is 0 Å². The minimum absolute atomic E-state index is 0.0389. The van der Waals surface area contributed by atoms with E-state index in [1.54, 1.807) is 17.7 Å². The van der Waals surface area contributed by atoms with Crippen molar-refractivity contribution < 1.29 is 0 Å². The van der Waals surface area contributed by atoms with Crippen LogP contribution in [-0.4, -0.2) is 9.55 Å². The van der Waals surface area contributed by atoms with Crippen LogP contribution in [0.1, 0.15) is 75.6 Å². The summed E-state index contributed by atoms with van der Waals surface area (Å²) in [6.45, 7) is 13.4. The highest BCUT2D eigenvalue weighted by atomic mass is 32.1. The van der Waals surface area contributed by atoms with E-state index in [0.717, 1.165) is 35.9 Å². The van der Waals surface area contributed by atoms with Gasteiger partial charge in [-0.05, 0) is 59.3 Å². The van der Waals surface area contributed by atoms with E-state index in [1.165, 1.54) is 21.6 Å². The Morgan fingerprint density at radius 3 is 2.55 bits per heavy atom. The molecule has 2 heterocycles. The Kier molecular flexibility index (Phi) is 4.97. The maximum atomic E-state index is 13.2. The smallest absolute Gasteiger partial charge is 0.271 e. The maximum absolute atomic E-state index is 13.2. The van der Waals surface area contributed by atoms with Crippen LogP contribution in [0.5, 0.6) is 0 Å². The summed E-state index contributed by atoms with van der Waals surface area (Å²) in [5, 5.41) is 0. The fourth-order valence-corrected chi connectivity index (χ4v) is 5.41. The first kappa shape index (κ1) is 20.3. The van der Waals surface area contributed by atoms with Crippen molar-refractivity contribution in [2.45, 2.75) is 78.7 Å². The van der Waals surface area contributed by atoms with Gasteiger partial charge in [0.2, 0.25) is 0 Å². The van der Waals surface area contributed by atoms with Gasteiger partial charge in [-0.1, -0.05) is 59.7 Å². The molecule has 3 aromatic rings. The molecule has 4 rings (SSSR count). The van der Waals surface area contributed by atoms with E-state index in [0.29, 0.717) is 5.41 Å². The molecule has 0 saturated heterocycles. The summed E-state index contributed by atoms with van der Waals surface area (Å²) >= 11 is 1.61. The average molecular weight is 409 g/mol. The number of aryl methyl sites for hydroxylation is 1. The summed E-state index contributed by atoms with van der Waals surface area (Å²) in [4.78, 5) is 19.1. The number of benzene rings is 1. The molecule has 0 saturated carbocycles. The van der Waals surface area contributed by atoms with Crippen molar-refractivity contribution in [2.75, 3.05) is 0 Å². The normalized spacial score (nSPS) is 17.5. The molecule has 0 amide bonds. The lowest BCUT2D eigenvalue weighted by Gasteiger charge is -2.27. The van der Waals surface area contributed by atoms with Crippen molar-refractivity contribution in [2.24, 2.45) is 5.41 Å². The van der Waals surface area contributed by atoms with E-state index in [-0.39, 0.29) is 17.0 Å². The zero-order valence-corrected chi connectivity index (χ0v) is 19.3. The molecule has 3 nitrogen and oxygen atoms in total. The van der Waals surface area contributed by atoms with Crippen molar-refractivity contribution in [1.82, 2.24) is 9.55 Å². The second-order valence-electron chi connectivity index (χ2n) is 10.8. The fraction of sp³-hybridized carbons (Fsp3) is 0.520. The monoisotopic (exact) mass is 408 g/mol. The zero-order valence-electron chi connectivity index (χ0n) is 18.5. The summed E-state index contributed by atoms with van der Waals surface area (Å²) in [5.41, 5.74) is 5.55. The fourth-order valence-electron chi connectivity index (χ4n) is 4.30. The lowest BCUT2D eigenvalue weighted by molar-refractivity contribution is 0.409. The molecule has 1 aliphatic carbocycles. The number of aromatic nitrogens is 2. The number of nitrogens with zero attached hydrogens (tertiary/aromatic N) is 2. The highest BCUT2D eigenvalue weighted by molar-refractivity contribution is 7.19. The van der Waals surface area contributed by atoms with Crippen LogP contribution in [0, 0.1) is 5.41 Å². The van der Waals surface area contributed by atoms with Gasteiger partial charge in [0.1, 0.15) is 4.70 Å². The van der Waals surface area contributed by atoms with Gasteiger partial charge >= 0.3 is 0 Å². The Balaban J connectivity index is 1.63. The third-order valence-corrected chi connectivity index (χ3v) is 7.34. The second kappa shape index (κ2) is 7.09. The van der Waals surface area contributed by atoms with E-state index < -0.39 is 0 Å². The molecule has 0 aliphatic heterocycles. The Hall–Kier alpha value is -1.94. The Morgan fingerprint density at radius 2 is 1.86 bits per heavy atom. The van der Waals surface area contributed by atoms with Gasteiger partial charge in [-0.15, -0.1) is 11.3 Å². The third kappa shape index (κ3) is 4.18. The Labute approximate surface area is 177 Å². The van der Waals surface area contributed by atoms with Crippen LogP contribution in [-0.2, 0) is 24.7 Å². The zero-order chi connectivity index (χ0) is 21.0. The number of fused-ring (bicyclic) bond motifs is 2. The topological polar surface area (TPSA) is 34.9 Å². The number of hydrogen-bond donors (Lipinski definition) is 0. The summed E-state index contributed by atoms with van der Waals surface area (Å²) in [7, 11) is 0. The predicted octanol–water partition coefficient (Wildman–Crippen LogP) is 6.07. The second-order valence-corrected chi connectivity index (χ2v) is 11.8. The van der Waals surface area contributed by atoms with Crippen LogP contribution >= 0.6 is 11.3 Å². The largest absolute Gasteiger partial charge is 0.295 e. The number of hydrogen-bond acceptors (Lipinski definition) is 3. The van der Waals surface area contributed by atoms with Gasteiger partial charge < -0.3 is 0 Å². The van der Waals surface area contributed by atoms with Crippen LogP contribution in [0.3, 0.4) is 0 Å². The summed E-state index contributed by atoms with van der Waals surface area (Å²) < 4.78 is 2.68. The van der Waals surface area contributed by atoms with E-state index in [2.05, 4.69) is 70.8 Å². The average Bonchev–Trinajstić information content (AvgIpc) is 3.06. The molecule has 4 heteroatoms. The van der Waals surface area contributed by atoms with Crippen molar-refractivity contribution in [3.8, 4) is 0 Å². The van der Waals surface area contributed by atoms with Gasteiger partial charge in [0.05, 0.1) is 11.8 Å². The molecule has 0 bridgehead atoms. The molecule has 0 N–H and O–H groups in total. The molecule has 1 aromatic carbocycles. The molecule has 1 unspecified atom stereocenters. The lowest BCUT2D eigenvalue weighted by Crippen LogP contribution is -2.28. The van der Waals surface area contributed by atoms with Crippen LogP contribution in [0.2, 0.25) is 0 Å². The molecule has 1 atom stereocenters. The molecular formula is C25H32N2OS. The maximum Gasteiger partial charge on any atom is 0.271 e. The van der Waals surface area contributed by atoms with E-state index in [9.17, 15) is 4.79 Å². The highest BCUT2D eigenvalue weighted by Crippen LogP contribution is 2.34. The molecule has 154 valence electrons. The van der Waals surface area contributed by atoms with E-state index in [4.69, 9.17) is 0 Å². The van der Waals surface area contributed by atoms with Crippen molar-refractivity contribution >= 4 is 21.6 Å². The highest BCUT2D eigenvalue weighted by Gasteiger charge is 2.24. The Bertz CT molecular complexity index is 1110. The van der Waals surface area contributed by atoms with Crippen molar-refractivity contribution in [1.29, 1.82) is 0 Å². The molecule has 2 aromatic heterocycles. The number of rotatable bonds is 2. The molecule has 1 aliphatic rings. The first-order valence-corrected chi connectivity index (χ1v) is 11.4. The van der Waals surface area contributed by atoms with Crippen LogP contribution < -0.4 is 5.56 Å². The van der Waals surface area contributed by atoms with Crippen LogP contribution in [0.25, 0.3) is 10.2 Å². The molecule has 0 fully saturated rings. The van der Waals surface area contributed by atoms with Crippen molar-refractivity contribution in [3.63, 3.8) is 0 Å². The SMILES string of the molecule is CC(C)(C)Cc1ccc2c(c1)CCC(n1cnc3cc(C(C)(C)C)sc3c1=O)C2. The van der Waals surface area contributed by atoms with Crippen LogP contribution in [0.15, 0.2) is 35.4 Å². The van der Waals surface area contributed by atoms with Gasteiger partial charge in [0.15, 0.2) is 0 Å². The van der Waals surface area contributed by atoms with Crippen molar-refractivity contribution in [3.05, 3.63) is 62.5 Å². The van der Waals surface area contributed by atoms with Gasteiger partial charge in [-0.2, -0.15) is 0 Å². The summed E-state index contributed by atoms with van der Waals surface area (Å²) in [6.07, 6.45) is 5.80. The molecule has 0 radical (unpaired) electrons. The van der Waals surface area contributed by atoms with Gasteiger partial charge in [-0.3, -0.25) is 9.36 Å². The first-order chi connectivity index (χ1) is 13.5. The van der Waals surface area contributed by atoms with E-state index in [1.807, 2.05) is 4.57 Å². The first-order valence-electron chi connectivity index (χ1n) is 10.6. The summed E-state index contributed by atoms with van der Waals surface area (Å²) in [5.74, 6) is 0. The number of thiophene rings is 1. The third-order valence-electron chi connectivity index (χ3n) is 5.80. The van der Waals surface area contributed by atoms with Gasteiger partial charge in [0.25, 0.3) is 5.56 Å².